The van der Waals surface area contributed by atoms with Gasteiger partial charge in [0.2, 0.25) is 5.43 Å². The summed E-state index contributed by atoms with van der Waals surface area (Å²) in [5.41, 5.74) is 1.11. The van der Waals surface area contributed by atoms with Crippen molar-refractivity contribution in [3.8, 4) is 17.3 Å². The van der Waals surface area contributed by atoms with Crippen LogP contribution in [0.15, 0.2) is 53.3 Å². The summed E-state index contributed by atoms with van der Waals surface area (Å²) < 4.78 is 0. The molecule has 3 rings (SSSR count). The smallest absolute Gasteiger partial charge is 0.269 e. The third-order valence-electron chi connectivity index (χ3n) is 3.39. The molecule has 0 radical (unpaired) electrons. The number of hydrogen-bond donors (Lipinski definition) is 1. The number of hydrogen-bond acceptors (Lipinski definition) is 4. The highest BCUT2D eigenvalue weighted by Crippen LogP contribution is 2.24. The van der Waals surface area contributed by atoms with Gasteiger partial charge in [0, 0.05) is 23.0 Å². The summed E-state index contributed by atoms with van der Waals surface area (Å²) in [6.07, 6.45) is 0. The molecule has 0 aliphatic carbocycles. The van der Waals surface area contributed by atoms with Crippen molar-refractivity contribution in [3.63, 3.8) is 0 Å². The Morgan fingerprint density at radius 3 is 2.41 bits per heavy atom. The summed E-state index contributed by atoms with van der Waals surface area (Å²) in [5, 5.41) is 20.4. The lowest BCUT2D eigenvalue weighted by atomic mass is 10.0. The Labute approximate surface area is 124 Å². The topological polar surface area (TPSA) is 99.8 Å². The minimum atomic E-state index is -0.502. The molecule has 0 unspecified atom stereocenters. The summed E-state index contributed by atoms with van der Waals surface area (Å²) in [6.45, 7) is 0. The maximum Gasteiger partial charge on any atom is 0.269 e. The number of non-ortho nitro benzene ring substituents is 1. The Hall–Kier alpha value is -3.46. The molecule has 0 atom stereocenters. The highest BCUT2D eigenvalue weighted by molar-refractivity contribution is 5.84. The molecule has 0 saturated carbocycles. The molecule has 6 heteroatoms. The fourth-order valence-corrected chi connectivity index (χ4v) is 2.31. The fraction of sp³-hybridized carbons (Fsp3) is 0. The first-order valence-electron chi connectivity index (χ1n) is 6.42. The van der Waals surface area contributed by atoms with Crippen molar-refractivity contribution in [1.29, 1.82) is 5.26 Å². The lowest BCUT2D eigenvalue weighted by molar-refractivity contribution is -0.384. The van der Waals surface area contributed by atoms with Crippen LogP contribution in [-0.2, 0) is 0 Å². The minimum absolute atomic E-state index is 0.00690. The van der Waals surface area contributed by atoms with Gasteiger partial charge in [-0.3, -0.25) is 14.9 Å². The molecule has 0 fully saturated rings. The number of nitrogens with one attached hydrogen (secondary N) is 1. The molecule has 22 heavy (non-hydrogen) atoms. The van der Waals surface area contributed by atoms with Gasteiger partial charge in [0.25, 0.3) is 5.69 Å². The Morgan fingerprint density at radius 1 is 1.09 bits per heavy atom. The van der Waals surface area contributed by atoms with Gasteiger partial charge in [-0.1, -0.05) is 12.1 Å². The highest BCUT2D eigenvalue weighted by Gasteiger charge is 2.14. The molecule has 106 valence electrons. The van der Waals surface area contributed by atoms with Gasteiger partial charge in [-0.25, -0.2) is 0 Å². The van der Waals surface area contributed by atoms with E-state index in [4.69, 9.17) is 0 Å². The van der Waals surface area contributed by atoms with E-state index in [9.17, 15) is 20.2 Å². The first kappa shape index (κ1) is 13.5. The van der Waals surface area contributed by atoms with Gasteiger partial charge in [0.05, 0.1) is 10.6 Å². The van der Waals surface area contributed by atoms with Crippen LogP contribution in [0.3, 0.4) is 0 Å². The first-order valence-corrected chi connectivity index (χ1v) is 6.42. The van der Waals surface area contributed by atoms with Gasteiger partial charge in [0.1, 0.15) is 11.6 Å². The number of rotatable bonds is 2. The average molecular weight is 291 g/mol. The quantitative estimate of drug-likeness (QED) is 0.579. The van der Waals surface area contributed by atoms with Gasteiger partial charge >= 0.3 is 0 Å². The van der Waals surface area contributed by atoms with E-state index in [2.05, 4.69) is 4.98 Å². The van der Waals surface area contributed by atoms with Crippen LogP contribution in [0.2, 0.25) is 0 Å². The van der Waals surface area contributed by atoms with Gasteiger partial charge in [0.15, 0.2) is 0 Å². The van der Waals surface area contributed by atoms with Gasteiger partial charge < -0.3 is 4.98 Å². The van der Waals surface area contributed by atoms with Crippen LogP contribution in [0, 0.1) is 21.4 Å². The van der Waals surface area contributed by atoms with E-state index in [0.29, 0.717) is 22.2 Å². The van der Waals surface area contributed by atoms with Crippen LogP contribution < -0.4 is 5.43 Å². The number of pyridine rings is 1. The Morgan fingerprint density at radius 2 is 1.77 bits per heavy atom. The molecule has 0 amide bonds. The Balaban J connectivity index is 2.28. The molecular weight excluding hydrogens is 282 g/mol. The standard InChI is InChI=1S/C16H9N3O3/c17-9-13-15(10-5-7-11(8-6-10)19(21)22)18-14-4-2-1-3-12(14)16(13)20/h1-8H,(H,18,20). The Kier molecular flexibility index (Phi) is 3.16. The second-order valence-electron chi connectivity index (χ2n) is 4.67. The van der Waals surface area contributed by atoms with E-state index in [0.717, 1.165) is 0 Å². The van der Waals surface area contributed by atoms with Crippen LogP contribution in [0.5, 0.6) is 0 Å². The number of H-pyrrole nitrogens is 1. The van der Waals surface area contributed by atoms with E-state index in [1.54, 1.807) is 24.3 Å². The molecule has 6 nitrogen and oxygen atoms in total. The van der Waals surface area contributed by atoms with Crippen molar-refractivity contribution >= 4 is 16.6 Å². The number of nitro groups is 1. The first-order chi connectivity index (χ1) is 10.6. The molecule has 1 aromatic heterocycles. The molecule has 3 aromatic rings. The average Bonchev–Trinajstić information content (AvgIpc) is 2.55. The second kappa shape index (κ2) is 5.14. The van der Waals surface area contributed by atoms with E-state index in [-0.39, 0.29) is 16.7 Å². The van der Waals surface area contributed by atoms with Gasteiger partial charge in [-0.2, -0.15) is 5.26 Å². The predicted molar refractivity (Wildman–Crippen MR) is 81.4 cm³/mol. The van der Waals surface area contributed by atoms with Crippen molar-refractivity contribution in [2.45, 2.75) is 0 Å². The largest absolute Gasteiger partial charge is 0.353 e. The van der Waals surface area contributed by atoms with Crippen LogP contribution in [0.1, 0.15) is 5.56 Å². The zero-order valence-corrected chi connectivity index (χ0v) is 11.2. The SMILES string of the molecule is N#Cc1c(-c2ccc([N+](=O)[O-])cc2)[nH]c2ccccc2c1=O. The fourth-order valence-electron chi connectivity index (χ4n) is 2.31. The highest BCUT2D eigenvalue weighted by atomic mass is 16.6. The van der Waals surface area contributed by atoms with E-state index >= 15 is 0 Å². The maximum absolute atomic E-state index is 12.4. The van der Waals surface area contributed by atoms with Crippen molar-refractivity contribution in [1.82, 2.24) is 4.98 Å². The van der Waals surface area contributed by atoms with Crippen LogP contribution in [0.25, 0.3) is 22.2 Å². The van der Waals surface area contributed by atoms with Crippen LogP contribution in [-0.4, -0.2) is 9.91 Å². The lowest BCUT2D eigenvalue weighted by Gasteiger charge is -2.07. The number of aromatic amines is 1. The zero-order chi connectivity index (χ0) is 15.7. The van der Waals surface area contributed by atoms with Crippen LogP contribution >= 0.6 is 0 Å². The minimum Gasteiger partial charge on any atom is -0.353 e. The third kappa shape index (κ3) is 2.11. The van der Waals surface area contributed by atoms with Crippen molar-refractivity contribution in [2.24, 2.45) is 0 Å². The summed E-state index contributed by atoms with van der Waals surface area (Å²) >= 11 is 0. The number of fused-ring (bicyclic) bond motifs is 1. The van der Waals surface area contributed by atoms with Crippen molar-refractivity contribution in [3.05, 3.63) is 74.4 Å². The molecule has 2 aromatic carbocycles. The van der Waals surface area contributed by atoms with Crippen molar-refractivity contribution < 1.29 is 4.92 Å². The maximum atomic E-state index is 12.4. The Bertz CT molecular complexity index is 982. The number of nitro benzene ring substituents is 1. The predicted octanol–water partition coefficient (Wildman–Crippen LogP) is 2.97. The number of nitrogens with zero attached hydrogens (tertiary/aromatic N) is 2. The number of para-hydroxylation sites is 1. The summed E-state index contributed by atoms with van der Waals surface area (Å²) in [4.78, 5) is 25.6. The summed E-state index contributed by atoms with van der Waals surface area (Å²) in [5.74, 6) is 0. The van der Waals surface area contributed by atoms with Crippen molar-refractivity contribution in [2.75, 3.05) is 0 Å². The lowest BCUT2D eigenvalue weighted by Crippen LogP contribution is -2.10. The molecule has 0 bridgehead atoms. The normalized spacial score (nSPS) is 10.3. The third-order valence-corrected chi connectivity index (χ3v) is 3.39. The van der Waals surface area contributed by atoms with E-state index in [1.165, 1.54) is 24.3 Å². The number of aromatic nitrogens is 1. The summed E-state index contributed by atoms with van der Waals surface area (Å²) in [6, 6.07) is 14.5. The number of benzene rings is 2. The van der Waals surface area contributed by atoms with E-state index in [1.807, 2.05) is 6.07 Å². The second-order valence-corrected chi connectivity index (χ2v) is 4.67. The molecule has 1 N–H and O–H groups in total. The molecular formula is C16H9N3O3. The van der Waals surface area contributed by atoms with Gasteiger partial charge in [-0.15, -0.1) is 0 Å². The monoisotopic (exact) mass is 291 g/mol. The molecule has 0 saturated heterocycles. The molecule has 0 aliphatic heterocycles. The molecule has 0 aliphatic rings. The zero-order valence-electron chi connectivity index (χ0n) is 11.2. The molecule has 0 spiro atoms. The summed E-state index contributed by atoms with van der Waals surface area (Å²) in [7, 11) is 0. The molecule has 1 heterocycles. The number of nitriles is 1. The van der Waals surface area contributed by atoms with Crippen LogP contribution in [0.4, 0.5) is 5.69 Å². The van der Waals surface area contributed by atoms with E-state index < -0.39 is 4.92 Å². The van der Waals surface area contributed by atoms with Gasteiger partial charge in [-0.05, 0) is 29.8 Å².